The number of hydrogen-bond acceptors (Lipinski definition) is 2. The quantitative estimate of drug-likeness (QED) is 0.136. The van der Waals surface area contributed by atoms with Crippen LogP contribution in [0.5, 0.6) is 5.75 Å². The maximum Gasteiger partial charge on any atom is 0.342 e. The van der Waals surface area contributed by atoms with Gasteiger partial charge in [-0.05, 0) is 67.6 Å². The predicted molar refractivity (Wildman–Crippen MR) is 141 cm³/mol. The molecule has 3 rings (SSSR count). The molecule has 0 spiro atoms. The zero-order chi connectivity index (χ0) is 26.0. The third kappa shape index (κ3) is 9.34. The molecule has 0 aromatic heterocycles. The van der Waals surface area contributed by atoms with Gasteiger partial charge in [0, 0.05) is 29.4 Å². The van der Waals surface area contributed by atoms with Crippen molar-refractivity contribution in [3.63, 3.8) is 0 Å². The third-order valence-electron chi connectivity index (χ3n) is 8.74. The van der Waals surface area contributed by atoms with Crippen LogP contribution in [-0.2, 0) is 11.2 Å². The number of ether oxygens (including phenoxy) is 2. The highest BCUT2D eigenvalue weighted by Gasteiger charge is 2.53. The van der Waals surface area contributed by atoms with E-state index in [1.807, 2.05) is 12.1 Å². The lowest BCUT2D eigenvalue weighted by molar-refractivity contribution is -0.211. The molecule has 206 valence electrons. The number of unbranched alkanes of at least 4 members (excludes halogenated alkanes) is 2. The van der Waals surface area contributed by atoms with Crippen LogP contribution in [0.15, 0.2) is 24.3 Å². The summed E-state index contributed by atoms with van der Waals surface area (Å²) in [6, 6.07) is 11.6. The van der Waals surface area contributed by atoms with E-state index in [2.05, 4.69) is 0 Å². The van der Waals surface area contributed by atoms with E-state index < -0.39 is 27.2 Å². The SMILES string of the molecule is COCCCCC[SiH]1CCC(C2CCC(CCc3ccc(OCC(F)(F)C(C)(F)F)cc3)CC2)CC1. The molecule has 0 N–H and O–H groups in total. The number of alkyl halides is 4. The largest absolute Gasteiger partial charge is 0.487 e. The minimum absolute atomic E-state index is 0.201. The molecular weight excluding hydrogens is 484 g/mol. The topological polar surface area (TPSA) is 18.5 Å². The van der Waals surface area contributed by atoms with Gasteiger partial charge in [0.05, 0.1) is 0 Å². The normalized spacial score (nSPS) is 25.6. The number of halogens is 4. The van der Waals surface area contributed by atoms with Crippen LogP contribution in [-0.4, -0.2) is 41.0 Å². The number of benzene rings is 1. The summed E-state index contributed by atoms with van der Waals surface area (Å²) in [6.07, 6.45) is 14.4. The summed E-state index contributed by atoms with van der Waals surface area (Å²) in [5, 5.41) is 0. The molecule has 1 aromatic rings. The maximum atomic E-state index is 13.4. The Morgan fingerprint density at radius 2 is 1.50 bits per heavy atom. The lowest BCUT2D eigenvalue weighted by Crippen LogP contribution is -2.42. The molecule has 2 nitrogen and oxygen atoms in total. The van der Waals surface area contributed by atoms with Crippen LogP contribution in [0.2, 0.25) is 18.1 Å². The Morgan fingerprint density at radius 1 is 0.861 bits per heavy atom. The van der Waals surface area contributed by atoms with Crippen LogP contribution in [0, 0.1) is 17.8 Å². The van der Waals surface area contributed by atoms with Crippen molar-refractivity contribution in [2.24, 2.45) is 17.8 Å². The Morgan fingerprint density at radius 3 is 2.11 bits per heavy atom. The minimum atomic E-state index is -4.18. The summed E-state index contributed by atoms with van der Waals surface area (Å²) in [5.74, 6) is -5.42. The molecule has 1 saturated carbocycles. The van der Waals surface area contributed by atoms with E-state index in [4.69, 9.17) is 9.47 Å². The van der Waals surface area contributed by atoms with Gasteiger partial charge >= 0.3 is 11.8 Å². The molecular formula is C29H46F4O2Si. The predicted octanol–water partition coefficient (Wildman–Crippen LogP) is 8.55. The highest BCUT2D eigenvalue weighted by atomic mass is 28.3. The van der Waals surface area contributed by atoms with Crippen molar-refractivity contribution in [2.75, 3.05) is 20.3 Å². The lowest BCUT2D eigenvalue weighted by atomic mass is 9.73. The molecule has 2 aliphatic rings. The highest BCUT2D eigenvalue weighted by Crippen LogP contribution is 2.42. The van der Waals surface area contributed by atoms with E-state index in [-0.39, 0.29) is 12.7 Å². The number of methoxy groups -OCH3 is 1. The summed E-state index contributed by atoms with van der Waals surface area (Å²) >= 11 is 0. The number of aryl methyl sites for hydroxylation is 1. The van der Waals surface area contributed by atoms with Gasteiger partial charge in [-0.1, -0.05) is 68.8 Å². The van der Waals surface area contributed by atoms with E-state index in [1.165, 1.54) is 63.8 Å². The summed E-state index contributed by atoms with van der Waals surface area (Å²) < 4.78 is 62.7. The average Bonchev–Trinajstić information content (AvgIpc) is 2.87. The van der Waals surface area contributed by atoms with Gasteiger partial charge in [-0.3, -0.25) is 0 Å². The van der Waals surface area contributed by atoms with E-state index in [1.54, 1.807) is 31.3 Å². The molecule has 1 aromatic carbocycles. The Balaban J connectivity index is 1.29. The van der Waals surface area contributed by atoms with E-state index >= 15 is 0 Å². The Labute approximate surface area is 217 Å². The van der Waals surface area contributed by atoms with Crippen molar-refractivity contribution in [3.8, 4) is 5.75 Å². The lowest BCUT2D eigenvalue weighted by Gasteiger charge is -2.37. The molecule has 0 amide bonds. The first-order valence-electron chi connectivity index (χ1n) is 14.1. The van der Waals surface area contributed by atoms with Gasteiger partial charge in [-0.25, -0.2) is 8.78 Å². The fourth-order valence-electron chi connectivity index (χ4n) is 6.18. The fourth-order valence-corrected chi connectivity index (χ4v) is 9.71. The van der Waals surface area contributed by atoms with Crippen molar-refractivity contribution in [1.82, 2.24) is 0 Å². The van der Waals surface area contributed by atoms with Crippen LogP contribution < -0.4 is 4.74 Å². The van der Waals surface area contributed by atoms with Crippen LogP contribution in [0.3, 0.4) is 0 Å². The molecule has 0 unspecified atom stereocenters. The van der Waals surface area contributed by atoms with Gasteiger partial charge < -0.3 is 9.47 Å². The zero-order valence-corrected chi connectivity index (χ0v) is 23.4. The van der Waals surface area contributed by atoms with E-state index in [0.29, 0.717) is 0 Å². The number of hydrogen-bond donors (Lipinski definition) is 0. The summed E-state index contributed by atoms with van der Waals surface area (Å²) in [6.45, 7) is -0.197. The van der Waals surface area contributed by atoms with Crippen molar-refractivity contribution >= 4 is 8.80 Å². The molecule has 7 heteroatoms. The van der Waals surface area contributed by atoms with Crippen LogP contribution in [0.1, 0.15) is 76.7 Å². The second-order valence-electron chi connectivity index (χ2n) is 11.5. The van der Waals surface area contributed by atoms with E-state index in [0.717, 1.165) is 42.8 Å². The van der Waals surface area contributed by atoms with Gasteiger partial charge in [-0.2, -0.15) is 8.78 Å². The highest BCUT2D eigenvalue weighted by molar-refractivity contribution is 6.58. The second kappa shape index (κ2) is 14.2. The van der Waals surface area contributed by atoms with Gasteiger partial charge in [0.15, 0.2) is 6.61 Å². The van der Waals surface area contributed by atoms with Crippen molar-refractivity contribution in [1.29, 1.82) is 0 Å². The van der Waals surface area contributed by atoms with Crippen molar-refractivity contribution in [3.05, 3.63) is 29.8 Å². The molecule has 1 saturated heterocycles. The first-order valence-corrected chi connectivity index (χ1v) is 16.6. The Kier molecular flexibility index (Phi) is 11.6. The fraction of sp³-hybridized carbons (Fsp3) is 0.793. The minimum Gasteiger partial charge on any atom is -0.487 e. The monoisotopic (exact) mass is 530 g/mol. The van der Waals surface area contributed by atoms with Gasteiger partial charge in [0.25, 0.3) is 0 Å². The zero-order valence-electron chi connectivity index (χ0n) is 22.3. The number of rotatable bonds is 14. The standard InChI is InChI=1S/C29H46F4O2Si/c1-28(30,31)29(32,33)22-35-27-14-10-24(11-15-27)7-6-23-8-12-25(13-9-23)26-16-20-36(21-17-26)19-5-3-4-18-34-2/h10-11,14-15,23,25-26,36H,3-9,12-13,16-22H2,1-2H3. The van der Waals surface area contributed by atoms with Crippen molar-refractivity contribution in [2.45, 2.75) is 108 Å². The Hall–Kier alpha value is -1.08. The molecule has 36 heavy (non-hydrogen) atoms. The smallest absolute Gasteiger partial charge is 0.342 e. The molecule has 0 radical (unpaired) electrons. The molecule has 1 heterocycles. The summed E-state index contributed by atoms with van der Waals surface area (Å²) in [5.41, 5.74) is 1.14. The van der Waals surface area contributed by atoms with Crippen LogP contribution in [0.25, 0.3) is 0 Å². The van der Waals surface area contributed by atoms with Gasteiger partial charge in [0.2, 0.25) is 0 Å². The Bertz CT molecular complexity index is 737. The summed E-state index contributed by atoms with van der Waals surface area (Å²) in [4.78, 5) is 0. The first-order chi connectivity index (χ1) is 17.2. The van der Waals surface area contributed by atoms with Crippen molar-refractivity contribution < 1.29 is 27.0 Å². The molecule has 1 aliphatic carbocycles. The molecule has 0 bridgehead atoms. The maximum absolute atomic E-state index is 13.4. The van der Waals surface area contributed by atoms with Gasteiger partial charge in [-0.15, -0.1) is 0 Å². The van der Waals surface area contributed by atoms with E-state index in [9.17, 15) is 17.6 Å². The second-order valence-corrected chi connectivity index (χ2v) is 14.9. The molecule has 1 aliphatic heterocycles. The third-order valence-corrected chi connectivity index (χ3v) is 12.3. The van der Waals surface area contributed by atoms with Gasteiger partial charge in [0.1, 0.15) is 5.75 Å². The first kappa shape index (κ1) is 29.5. The van der Waals surface area contributed by atoms with Crippen LogP contribution >= 0.6 is 0 Å². The van der Waals surface area contributed by atoms with Crippen LogP contribution in [0.4, 0.5) is 17.6 Å². The summed E-state index contributed by atoms with van der Waals surface area (Å²) in [7, 11) is 1.32. The average molecular weight is 531 g/mol. The molecule has 2 fully saturated rings. The molecule has 0 atom stereocenters.